The van der Waals surface area contributed by atoms with Gasteiger partial charge in [0.05, 0.1) is 12.3 Å². The highest BCUT2D eigenvalue weighted by Crippen LogP contribution is 2.32. The number of anilines is 1. The number of ether oxygens (including phenoxy) is 1. The highest BCUT2D eigenvalue weighted by Gasteiger charge is 2.33. The van der Waals surface area contributed by atoms with E-state index in [1.165, 1.54) is 0 Å². The Morgan fingerprint density at radius 2 is 1.91 bits per heavy atom. The monoisotopic (exact) mass is 298 g/mol. The third-order valence-electron chi connectivity index (χ3n) is 3.51. The Labute approximate surface area is 128 Å². The fourth-order valence-electron chi connectivity index (χ4n) is 2.42. The molecule has 0 saturated heterocycles. The van der Waals surface area contributed by atoms with E-state index < -0.39 is 5.54 Å². The number of nitrogens with one attached hydrogen (secondary N) is 1. The molecule has 0 fully saturated rings. The van der Waals surface area contributed by atoms with E-state index in [1.807, 2.05) is 37.3 Å². The Balaban J connectivity index is 2.01. The molecular formula is C17H18N2O3. The number of rotatable bonds is 5. The van der Waals surface area contributed by atoms with Crippen LogP contribution in [0, 0.1) is 0 Å². The smallest absolute Gasteiger partial charge is 0.223 e. The summed E-state index contributed by atoms with van der Waals surface area (Å²) in [5.74, 6) is 0.680. The average molecular weight is 298 g/mol. The van der Waals surface area contributed by atoms with E-state index in [0.29, 0.717) is 18.2 Å². The van der Waals surface area contributed by atoms with Crippen molar-refractivity contribution >= 4 is 16.8 Å². The summed E-state index contributed by atoms with van der Waals surface area (Å²) >= 11 is 0. The van der Waals surface area contributed by atoms with Gasteiger partial charge in [0, 0.05) is 7.11 Å². The molecule has 0 spiro atoms. The molecule has 0 aliphatic heterocycles. The number of benzene rings is 2. The Hall–Kier alpha value is -2.53. The molecule has 0 aliphatic carbocycles. The first-order valence-electron chi connectivity index (χ1n) is 7.03. The van der Waals surface area contributed by atoms with Crippen molar-refractivity contribution in [3.8, 4) is 5.75 Å². The van der Waals surface area contributed by atoms with Gasteiger partial charge < -0.3 is 19.6 Å². The lowest BCUT2D eigenvalue weighted by atomic mass is 10.0. The Bertz CT molecular complexity index is 751. The molecule has 3 rings (SSSR count). The van der Waals surface area contributed by atoms with Crippen LogP contribution < -0.4 is 5.32 Å². The number of oxazole rings is 1. The zero-order valence-electron chi connectivity index (χ0n) is 12.5. The Morgan fingerprint density at radius 3 is 2.64 bits per heavy atom. The number of phenols is 1. The first kappa shape index (κ1) is 14.4. The van der Waals surface area contributed by atoms with Crippen LogP contribution >= 0.6 is 0 Å². The van der Waals surface area contributed by atoms with E-state index in [1.54, 1.807) is 25.3 Å². The van der Waals surface area contributed by atoms with E-state index in [2.05, 4.69) is 10.3 Å². The summed E-state index contributed by atoms with van der Waals surface area (Å²) in [6.45, 7) is 2.27. The quantitative estimate of drug-likeness (QED) is 0.706. The molecule has 0 saturated carbocycles. The molecule has 1 atom stereocenters. The molecule has 1 heterocycles. The molecule has 114 valence electrons. The fourth-order valence-corrected chi connectivity index (χ4v) is 2.42. The SMILES string of the molecule is COC[C@](C)(Nc1ccccc1O)c1nc2ccccc2o1. The molecule has 0 radical (unpaired) electrons. The van der Waals surface area contributed by atoms with Crippen molar-refractivity contribution in [2.45, 2.75) is 12.5 Å². The topological polar surface area (TPSA) is 67.5 Å². The second-order valence-electron chi connectivity index (χ2n) is 5.39. The minimum Gasteiger partial charge on any atom is -0.506 e. The maximum atomic E-state index is 9.97. The summed E-state index contributed by atoms with van der Waals surface area (Å²) in [6.07, 6.45) is 0. The molecule has 5 heteroatoms. The van der Waals surface area contributed by atoms with Gasteiger partial charge in [-0.15, -0.1) is 0 Å². The maximum absolute atomic E-state index is 9.97. The summed E-state index contributed by atoms with van der Waals surface area (Å²) in [6, 6.07) is 14.6. The highest BCUT2D eigenvalue weighted by molar-refractivity contribution is 5.72. The van der Waals surface area contributed by atoms with Crippen molar-refractivity contribution in [2.24, 2.45) is 0 Å². The van der Waals surface area contributed by atoms with Crippen molar-refractivity contribution in [2.75, 3.05) is 19.0 Å². The number of hydrogen-bond acceptors (Lipinski definition) is 5. The molecule has 0 aliphatic rings. The predicted molar refractivity (Wildman–Crippen MR) is 85.0 cm³/mol. The third-order valence-corrected chi connectivity index (χ3v) is 3.51. The summed E-state index contributed by atoms with van der Waals surface area (Å²) in [4.78, 5) is 4.54. The van der Waals surface area contributed by atoms with E-state index in [-0.39, 0.29) is 5.75 Å². The van der Waals surface area contributed by atoms with Gasteiger partial charge in [0.25, 0.3) is 0 Å². The number of hydrogen-bond donors (Lipinski definition) is 2. The van der Waals surface area contributed by atoms with Crippen LogP contribution in [0.1, 0.15) is 12.8 Å². The number of para-hydroxylation sites is 4. The number of fused-ring (bicyclic) bond motifs is 1. The summed E-state index contributed by atoms with van der Waals surface area (Å²) in [5.41, 5.74) is 1.41. The lowest BCUT2D eigenvalue weighted by Crippen LogP contribution is -2.37. The standard InChI is InChI=1S/C17H18N2O3/c1-17(11-21-2,19-12-7-3-5-9-14(12)20)16-18-13-8-4-6-10-15(13)22-16/h3-10,19-20H,11H2,1-2H3/t17-/m0/s1. The summed E-state index contributed by atoms with van der Waals surface area (Å²) in [7, 11) is 1.62. The molecule has 2 N–H and O–H groups in total. The zero-order chi connectivity index (χ0) is 15.6. The molecule has 0 amide bonds. The summed E-state index contributed by atoms with van der Waals surface area (Å²) in [5, 5.41) is 13.2. The van der Waals surface area contributed by atoms with Gasteiger partial charge in [0.2, 0.25) is 5.89 Å². The van der Waals surface area contributed by atoms with E-state index in [9.17, 15) is 5.11 Å². The lowest BCUT2D eigenvalue weighted by Gasteiger charge is -2.28. The fraction of sp³-hybridized carbons (Fsp3) is 0.235. The minimum absolute atomic E-state index is 0.168. The number of methoxy groups -OCH3 is 1. The van der Waals surface area contributed by atoms with Crippen LogP contribution in [0.5, 0.6) is 5.75 Å². The lowest BCUT2D eigenvalue weighted by molar-refractivity contribution is 0.137. The Morgan fingerprint density at radius 1 is 1.18 bits per heavy atom. The first-order valence-corrected chi connectivity index (χ1v) is 7.03. The molecule has 2 aromatic carbocycles. The number of phenolic OH excluding ortho intramolecular Hbond substituents is 1. The normalized spacial score (nSPS) is 13.9. The van der Waals surface area contributed by atoms with Gasteiger partial charge >= 0.3 is 0 Å². The zero-order valence-corrected chi connectivity index (χ0v) is 12.5. The molecule has 1 aromatic heterocycles. The van der Waals surface area contributed by atoms with Gasteiger partial charge in [-0.25, -0.2) is 4.98 Å². The van der Waals surface area contributed by atoms with E-state index in [0.717, 1.165) is 11.1 Å². The van der Waals surface area contributed by atoms with Crippen molar-refractivity contribution < 1.29 is 14.3 Å². The number of nitrogens with zero attached hydrogens (tertiary/aromatic N) is 1. The number of aromatic hydroxyl groups is 1. The summed E-state index contributed by atoms with van der Waals surface area (Å²) < 4.78 is 11.2. The van der Waals surface area contributed by atoms with E-state index in [4.69, 9.17) is 9.15 Å². The van der Waals surface area contributed by atoms with E-state index >= 15 is 0 Å². The van der Waals surface area contributed by atoms with Gasteiger partial charge in [0.15, 0.2) is 5.58 Å². The molecule has 22 heavy (non-hydrogen) atoms. The second-order valence-corrected chi connectivity index (χ2v) is 5.39. The third kappa shape index (κ3) is 2.63. The second kappa shape index (κ2) is 5.69. The molecule has 5 nitrogen and oxygen atoms in total. The Kier molecular flexibility index (Phi) is 3.73. The molecule has 3 aromatic rings. The number of aromatic nitrogens is 1. The van der Waals surface area contributed by atoms with Crippen LogP contribution in [0.25, 0.3) is 11.1 Å². The van der Waals surface area contributed by atoms with Crippen molar-refractivity contribution in [3.63, 3.8) is 0 Å². The van der Waals surface area contributed by atoms with Crippen molar-refractivity contribution in [1.82, 2.24) is 4.98 Å². The van der Waals surface area contributed by atoms with Gasteiger partial charge in [0.1, 0.15) is 16.8 Å². The van der Waals surface area contributed by atoms with Crippen LogP contribution in [-0.4, -0.2) is 23.8 Å². The highest BCUT2D eigenvalue weighted by atomic mass is 16.5. The van der Waals surface area contributed by atoms with Gasteiger partial charge in [-0.2, -0.15) is 0 Å². The van der Waals surface area contributed by atoms with Crippen LogP contribution in [0.3, 0.4) is 0 Å². The minimum atomic E-state index is -0.702. The van der Waals surface area contributed by atoms with Crippen molar-refractivity contribution in [3.05, 3.63) is 54.4 Å². The average Bonchev–Trinajstić information content (AvgIpc) is 2.95. The van der Waals surface area contributed by atoms with Gasteiger partial charge in [-0.1, -0.05) is 24.3 Å². The first-order chi connectivity index (χ1) is 10.6. The van der Waals surface area contributed by atoms with Crippen LogP contribution in [-0.2, 0) is 10.3 Å². The van der Waals surface area contributed by atoms with Crippen LogP contribution in [0.4, 0.5) is 5.69 Å². The van der Waals surface area contributed by atoms with Gasteiger partial charge in [-0.05, 0) is 31.2 Å². The van der Waals surface area contributed by atoms with Crippen LogP contribution in [0.15, 0.2) is 52.9 Å². The maximum Gasteiger partial charge on any atom is 0.223 e. The molecule has 0 unspecified atom stereocenters. The van der Waals surface area contributed by atoms with Gasteiger partial charge in [-0.3, -0.25) is 0 Å². The van der Waals surface area contributed by atoms with Crippen LogP contribution in [0.2, 0.25) is 0 Å². The predicted octanol–water partition coefficient (Wildman–Crippen LogP) is 3.51. The van der Waals surface area contributed by atoms with Crippen molar-refractivity contribution in [1.29, 1.82) is 0 Å². The molecular weight excluding hydrogens is 280 g/mol. The molecule has 0 bridgehead atoms. The largest absolute Gasteiger partial charge is 0.506 e.